The number of quaternary nitrogens is 3. The molecule has 0 heterocycles. The van der Waals surface area contributed by atoms with Crippen LogP contribution in [-0.2, 0) is 0 Å². The molecular formula is C55H122Br3N3. The molecule has 0 fully saturated rings. The highest BCUT2D eigenvalue weighted by Crippen LogP contribution is 2.16. The van der Waals surface area contributed by atoms with Crippen LogP contribution in [0.25, 0.3) is 0 Å². The molecule has 0 aromatic heterocycles. The van der Waals surface area contributed by atoms with Gasteiger partial charge in [0.1, 0.15) is 0 Å². The first-order valence-corrected chi connectivity index (χ1v) is 27.1. The minimum atomic E-state index is 0. The second kappa shape index (κ2) is 57.4. The van der Waals surface area contributed by atoms with E-state index in [2.05, 4.69) is 84.2 Å². The Morgan fingerprint density at radius 2 is 0.262 bits per heavy atom. The fourth-order valence-electron chi connectivity index (χ4n) is 7.99. The lowest BCUT2D eigenvalue weighted by atomic mass is 10.0. The lowest BCUT2D eigenvalue weighted by Crippen LogP contribution is -3.00. The van der Waals surface area contributed by atoms with Gasteiger partial charge in [-0.3, -0.25) is 0 Å². The van der Waals surface area contributed by atoms with Crippen molar-refractivity contribution in [3.63, 3.8) is 0 Å². The molecule has 0 saturated heterocycles. The molecule has 0 bridgehead atoms. The van der Waals surface area contributed by atoms with Crippen molar-refractivity contribution in [2.75, 3.05) is 83.1 Å². The van der Waals surface area contributed by atoms with Gasteiger partial charge in [-0.15, -0.1) is 0 Å². The Balaban J connectivity index is -0.000000184. The summed E-state index contributed by atoms with van der Waals surface area (Å²) in [7, 11) is 20.6. The van der Waals surface area contributed by atoms with Crippen molar-refractivity contribution in [1.29, 1.82) is 0 Å². The fraction of sp³-hybridized carbons (Fsp3) is 1.00. The van der Waals surface area contributed by atoms with E-state index in [1.807, 2.05) is 0 Å². The molecule has 0 amide bonds. The van der Waals surface area contributed by atoms with Crippen molar-refractivity contribution < 1.29 is 64.4 Å². The Morgan fingerprint density at radius 3 is 0.361 bits per heavy atom. The molecule has 378 valence electrons. The van der Waals surface area contributed by atoms with Gasteiger partial charge in [-0.2, -0.15) is 0 Å². The molecule has 0 atom stereocenters. The fourth-order valence-corrected chi connectivity index (χ4v) is 7.99. The van der Waals surface area contributed by atoms with Gasteiger partial charge in [-0.25, -0.2) is 0 Å². The summed E-state index contributed by atoms with van der Waals surface area (Å²) in [5.41, 5.74) is 0. The van der Waals surface area contributed by atoms with E-state index in [0.717, 1.165) is 13.4 Å². The van der Waals surface area contributed by atoms with Crippen molar-refractivity contribution in [2.24, 2.45) is 0 Å². The van der Waals surface area contributed by atoms with E-state index in [-0.39, 0.29) is 50.9 Å². The van der Waals surface area contributed by atoms with Crippen molar-refractivity contribution in [3.8, 4) is 0 Å². The van der Waals surface area contributed by atoms with E-state index in [1.165, 1.54) is 276 Å². The molecule has 0 unspecified atom stereocenters. The summed E-state index contributed by atoms with van der Waals surface area (Å²) in [6, 6.07) is 0. The predicted octanol–water partition coefficient (Wildman–Crippen LogP) is 8.75. The topological polar surface area (TPSA) is 0 Å². The van der Waals surface area contributed by atoms with Crippen molar-refractivity contribution in [3.05, 3.63) is 0 Å². The summed E-state index contributed by atoms with van der Waals surface area (Å²) < 4.78 is 3.37. The van der Waals surface area contributed by atoms with Gasteiger partial charge >= 0.3 is 0 Å². The Hall–Kier alpha value is 1.32. The van der Waals surface area contributed by atoms with Crippen molar-refractivity contribution in [1.82, 2.24) is 0 Å². The largest absolute Gasteiger partial charge is 1.00 e. The van der Waals surface area contributed by atoms with E-state index in [1.54, 1.807) is 0 Å². The van der Waals surface area contributed by atoms with Gasteiger partial charge in [-0.1, -0.05) is 239 Å². The van der Waals surface area contributed by atoms with Crippen LogP contribution in [0.1, 0.15) is 278 Å². The monoisotopic (exact) mass is 1060 g/mol. The number of hydrogen-bond donors (Lipinski definition) is 0. The standard InChI is InChI=1S/C21H46N.C19H42N.C15H34N.3BrH/c1-5-6-7-8-9-10-11-12-13-14-15-16-17-18-19-20-21-22(2,3)4;1-5-6-7-8-9-10-11-12-13-14-15-16-17-18-19-20(2,3)4;1-5-6-7-8-9-10-11-12-13-14-15-16(2,3)4;;;/h5-21H2,1-4H3;5-19H2,1-4H3;5-15H2,1-4H3;3*1H/q3*+1;;;/p-3. The van der Waals surface area contributed by atoms with Crippen LogP contribution in [0.2, 0.25) is 0 Å². The van der Waals surface area contributed by atoms with Crippen molar-refractivity contribution in [2.45, 2.75) is 278 Å². The summed E-state index contributed by atoms with van der Waals surface area (Å²) in [5, 5.41) is 0. The van der Waals surface area contributed by atoms with E-state index < -0.39 is 0 Å². The third-order valence-corrected chi connectivity index (χ3v) is 12.0. The summed E-state index contributed by atoms with van der Waals surface area (Å²) >= 11 is 0. The minimum absolute atomic E-state index is 0. The van der Waals surface area contributed by atoms with Gasteiger partial charge < -0.3 is 64.4 Å². The van der Waals surface area contributed by atoms with Gasteiger partial charge in [0, 0.05) is 0 Å². The molecule has 0 radical (unpaired) electrons. The zero-order chi connectivity index (χ0) is 43.9. The Labute approximate surface area is 422 Å². The molecule has 0 aromatic rings. The highest BCUT2D eigenvalue weighted by Gasteiger charge is 2.07. The van der Waals surface area contributed by atoms with E-state index >= 15 is 0 Å². The minimum Gasteiger partial charge on any atom is -1.00 e. The normalized spacial score (nSPS) is 11.4. The zero-order valence-electron chi connectivity index (χ0n) is 44.9. The smallest absolute Gasteiger partial charge is 0.0780 e. The maximum absolute atomic E-state index is 2.30. The Bertz CT molecular complexity index is 729. The summed E-state index contributed by atoms with van der Waals surface area (Å²) in [4.78, 5) is 0. The molecule has 61 heavy (non-hydrogen) atoms. The first-order chi connectivity index (χ1) is 27.7. The van der Waals surface area contributed by atoms with E-state index in [4.69, 9.17) is 0 Å². The van der Waals surface area contributed by atoms with Gasteiger partial charge in [0.2, 0.25) is 0 Å². The van der Waals surface area contributed by atoms with Crippen LogP contribution >= 0.6 is 0 Å². The number of rotatable bonds is 43. The molecule has 3 nitrogen and oxygen atoms in total. The Kier molecular flexibility index (Phi) is 69.6. The molecule has 0 aliphatic heterocycles. The van der Waals surface area contributed by atoms with E-state index in [0.29, 0.717) is 0 Å². The van der Waals surface area contributed by atoms with Crippen molar-refractivity contribution >= 4 is 0 Å². The highest BCUT2D eigenvalue weighted by molar-refractivity contribution is 4.52. The molecule has 0 rings (SSSR count). The summed E-state index contributed by atoms with van der Waals surface area (Å²) in [5.74, 6) is 0. The average Bonchev–Trinajstić information content (AvgIpc) is 3.15. The summed E-state index contributed by atoms with van der Waals surface area (Å²) in [6.07, 6.45) is 58.1. The quantitative estimate of drug-likeness (QED) is 0.0424. The van der Waals surface area contributed by atoms with Crippen LogP contribution in [0, 0.1) is 0 Å². The first kappa shape index (κ1) is 73.9. The van der Waals surface area contributed by atoms with Crippen LogP contribution in [0.15, 0.2) is 0 Å². The van der Waals surface area contributed by atoms with Gasteiger partial charge in [0.25, 0.3) is 0 Å². The van der Waals surface area contributed by atoms with E-state index in [9.17, 15) is 0 Å². The number of nitrogens with zero attached hydrogens (tertiary/aromatic N) is 3. The molecular weight excluding hydrogens is 942 g/mol. The van der Waals surface area contributed by atoms with Crippen LogP contribution < -0.4 is 50.9 Å². The third kappa shape index (κ3) is 85.2. The molecule has 0 saturated carbocycles. The summed E-state index contributed by atoms with van der Waals surface area (Å²) in [6.45, 7) is 10.9. The molecule has 0 aromatic carbocycles. The lowest BCUT2D eigenvalue weighted by Gasteiger charge is -2.23. The van der Waals surface area contributed by atoms with Crippen LogP contribution in [-0.4, -0.2) is 96.5 Å². The molecule has 0 aliphatic carbocycles. The number of hydrogen-bond acceptors (Lipinski definition) is 0. The maximum Gasteiger partial charge on any atom is 0.0780 e. The molecule has 6 heteroatoms. The predicted molar refractivity (Wildman–Crippen MR) is 270 cm³/mol. The maximum atomic E-state index is 2.30. The van der Waals surface area contributed by atoms with Gasteiger partial charge in [0.05, 0.1) is 83.1 Å². The second-order valence-electron chi connectivity index (χ2n) is 22.1. The lowest BCUT2D eigenvalue weighted by molar-refractivity contribution is -0.870. The SMILES string of the molecule is CCCCCCCCCCCCCCCCCC[N+](C)(C)C.CCCCCCCCCCCCCCCC[N+](C)(C)C.CCCCCCCCCCCC[N+](C)(C)C.[Br-].[Br-].[Br-]. The number of unbranched alkanes of at least 4 members (excludes halogenated alkanes) is 37. The average molecular weight is 1070 g/mol. The zero-order valence-corrected chi connectivity index (χ0v) is 49.6. The first-order valence-electron chi connectivity index (χ1n) is 27.1. The van der Waals surface area contributed by atoms with Gasteiger partial charge in [-0.05, 0) is 38.5 Å². The molecule has 0 spiro atoms. The van der Waals surface area contributed by atoms with Crippen LogP contribution in [0.5, 0.6) is 0 Å². The molecule has 0 N–H and O–H groups in total. The Morgan fingerprint density at radius 1 is 0.164 bits per heavy atom. The number of halogens is 3. The van der Waals surface area contributed by atoms with Crippen LogP contribution in [0.3, 0.4) is 0 Å². The van der Waals surface area contributed by atoms with Crippen LogP contribution in [0.4, 0.5) is 0 Å². The molecule has 0 aliphatic rings. The third-order valence-electron chi connectivity index (χ3n) is 12.0. The second-order valence-corrected chi connectivity index (χ2v) is 22.1. The van der Waals surface area contributed by atoms with Gasteiger partial charge in [0.15, 0.2) is 0 Å². The highest BCUT2D eigenvalue weighted by atomic mass is 79.9.